The summed E-state index contributed by atoms with van der Waals surface area (Å²) in [4.78, 5) is 0. The van der Waals surface area contributed by atoms with Crippen LogP contribution in [0.5, 0.6) is 0 Å². The van der Waals surface area contributed by atoms with Crippen LogP contribution >= 0.6 is 0 Å². The van der Waals surface area contributed by atoms with E-state index in [0.29, 0.717) is 0 Å². The zero-order valence-electron chi connectivity index (χ0n) is 50.4. The highest BCUT2D eigenvalue weighted by Crippen LogP contribution is 2.26. The van der Waals surface area contributed by atoms with Crippen LogP contribution in [0.15, 0.2) is 267 Å². The molecule has 0 aromatic heterocycles. The van der Waals surface area contributed by atoms with Crippen molar-refractivity contribution in [2.75, 3.05) is 0 Å². The molecule has 11 aromatic rings. The van der Waals surface area contributed by atoms with Crippen LogP contribution in [-0.4, -0.2) is 0 Å². The molecule has 0 fully saturated rings. The van der Waals surface area contributed by atoms with E-state index in [2.05, 4.69) is 364 Å². The van der Waals surface area contributed by atoms with Crippen LogP contribution in [0.1, 0.15) is 85.3 Å². The molecule has 11 aromatic carbocycles. The smallest absolute Gasteiger partial charge is 0.0152 e. The van der Waals surface area contributed by atoms with Gasteiger partial charge in [-0.15, -0.1) is 0 Å². The Morgan fingerprint density at radius 3 is 0.593 bits per heavy atom. The molecular formula is C81H90. The van der Waals surface area contributed by atoms with Crippen LogP contribution in [0.2, 0.25) is 0 Å². The van der Waals surface area contributed by atoms with Gasteiger partial charge in [-0.3, -0.25) is 0 Å². The molecule has 0 atom stereocenters. The maximum Gasteiger partial charge on any atom is -0.0152 e. The Kier molecular flexibility index (Phi) is 27.6. The maximum atomic E-state index is 2.22. The second kappa shape index (κ2) is 34.4. The Balaban J connectivity index is 0.000000206. The minimum atomic E-state index is 0. The Hall–Kier alpha value is -8.58. The molecule has 0 heterocycles. The molecule has 0 nitrogen and oxygen atoms in total. The lowest BCUT2D eigenvalue weighted by Crippen LogP contribution is -1.85. The third-order valence-corrected chi connectivity index (χ3v) is 13.6. The van der Waals surface area contributed by atoms with Crippen molar-refractivity contribution in [3.05, 3.63) is 345 Å². The summed E-state index contributed by atoms with van der Waals surface area (Å²) >= 11 is 0. The van der Waals surface area contributed by atoms with E-state index in [9.17, 15) is 0 Å². The van der Waals surface area contributed by atoms with Gasteiger partial charge in [-0.1, -0.05) is 330 Å². The Labute approximate surface area is 491 Å². The minimum Gasteiger partial charge on any atom is -0.0776 e. The predicted octanol–water partition coefficient (Wildman–Crippen LogP) is 23.4. The lowest BCUT2D eigenvalue weighted by atomic mass is 9.97. The summed E-state index contributed by atoms with van der Waals surface area (Å²) in [5, 5.41) is 0. The van der Waals surface area contributed by atoms with Gasteiger partial charge in [-0.05, 0) is 164 Å². The van der Waals surface area contributed by atoms with E-state index in [-0.39, 0.29) is 7.43 Å². The fourth-order valence-electron chi connectivity index (χ4n) is 8.57. The van der Waals surface area contributed by atoms with Crippen molar-refractivity contribution in [1.29, 1.82) is 0 Å². The van der Waals surface area contributed by atoms with Crippen molar-refractivity contribution in [3.8, 4) is 44.5 Å². The molecule has 0 saturated carbocycles. The number of hydrogen-bond acceptors (Lipinski definition) is 0. The summed E-state index contributed by atoms with van der Waals surface area (Å²) in [6.45, 7) is 29.7. The van der Waals surface area contributed by atoms with E-state index in [1.165, 1.54) is 122 Å². The van der Waals surface area contributed by atoms with E-state index >= 15 is 0 Å². The third-order valence-electron chi connectivity index (χ3n) is 13.6. The maximum absolute atomic E-state index is 2.22. The summed E-state index contributed by atoms with van der Waals surface area (Å²) in [6.07, 6.45) is 0. The van der Waals surface area contributed by atoms with Crippen molar-refractivity contribution in [1.82, 2.24) is 0 Å². The van der Waals surface area contributed by atoms with Crippen LogP contribution in [0, 0.1) is 96.9 Å². The highest BCUT2D eigenvalue weighted by Gasteiger charge is 2.03. The molecule has 0 saturated heterocycles. The number of hydrogen-bond donors (Lipinski definition) is 0. The summed E-state index contributed by atoms with van der Waals surface area (Å²) in [7, 11) is 0. The van der Waals surface area contributed by atoms with E-state index in [1.807, 2.05) is 0 Å². The largest absolute Gasteiger partial charge is 0.0776 e. The van der Waals surface area contributed by atoms with Gasteiger partial charge in [0.15, 0.2) is 0 Å². The summed E-state index contributed by atoms with van der Waals surface area (Å²) in [6, 6.07) is 94.0. The average Bonchev–Trinajstić information content (AvgIpc) is 3.45. The molecular weight excluding hydrogens is 973 g/mol. The Morgan fingerprint density at radius 2 is 0.358 bits per heavy atom. The number of rotatable bonds is 4. The topological polar surface area (TPSA) is 0 Å². The third kappa shape index (κ3) is 23.7. The van der Waals surface area contributed by atoms with E-state index in [1.54, 1.807) is 0 Å². The van der Waals surface area contributed by atoms with Gasteiger partial charge in [0, 0.05) is 0 Å². The van der Waals surface area contributed by atoms with Gasteiger partial charge in [0.05, 0.1) is 0 Å². The lowest BCUT2D eigenvalue weighted by Gasteiger charge is -2.08. The highest BCUT2D eigenvalue weighted by molar-refractivity contribution is 5.70. The van der Waals surface area contributed by atoms with Crippen LogP contribution in [0.3, 0.4) is 0 Å². The number of aryl methyl sites for hydroxylation is 14. The fourth-order valence-corrected chi connectivity index (χ4v) is 8.57. The standard InChI is InChI=1S/4C14H14.3C8H10.CH4/c1-11-3-7-13(8-4-11)14-9-5-12(2)6-10-14;1-11-5-3-7-13(9-11)14-8-4-6-12(2)10-14;1-11-7-3-5-9-13(11)14-10-6-4-8-12(14)2;1-11-6-8-13(9-7-11)14-5-3-4-12(2)10-14;1-7-3-5-8(2)6-4-7;1-7-4-3-5-8(2)6-7;1-7-5-3-4-6-8(7)2;/h4*3-10H,1-2H3;3*3-6H,1-2H3;1H4. The van der Waals surface area contributed by atoms with Gasteiger partial charge in [-0.2, -0.15) is 0 Å². The van der Waals surface area contributed by atoms with Gasteiger partial charge in [-0.25, -0.2) is 0 Å². The molecule has 0 unspecified atom stereocenters. The summed E-state index contributed by atoms with van der Waals surface area (Å²) < 4.78 is 0. The van der Waals surface area contributed by atoms with E-state index < -0.39 is 0 Å². The molecule has 0 bridgehead atoms. The molecule has 0 spiro atoms. The van der Waals surface area contributed by atoms with E-state index in [4.69, 9.17) is 0 Å². The van der Waals surface area contributed by atoms with Crippen molar-refractivity contribution < 1.29 is 0 Å². The first-order valence-corrected chi connectivity index (χ1v) is 28.1. The molecule has 414 valence electrons. The normalized spacial score (nSPS) is 9.75. The first kappa shape index (κ1) is 64.9. The molecule has 0 N–H and O–H groups in total. The molecule has 0 heteroatoms. The quantitative estimate of drug-likeness (QED) is 0.165. The van der Waals surface area contributed by atoms with Crippen LogP contribution in [0.4, 0.5) is 0 Å². The van der Waals surface area contributed by atoms with Gasteiger partial charge in [0.2, 0.25) is 0 Å². The van der Waals surface area contributed by atoms with Crippen LogP contribution in [0.25, 0.3) is 44.5 Å². The van der Waals surface area contributed by atoms with Crippen molar-refractivity contribution in [2.24, 2.45) is 0 Å². The molecule has 0 aliphatic heterocycles. The second-order valence-electron chi connectivity index (χ2n) is 21.2. The summed E-state index contributed by atoms with van der Waals surface area (Å²) in [5.41, 5.74) is 29.0. The van der Waals surface area contributed by atoms with E-state index in [0.717, 1.165) is 0 Å². The Morgan fingerprint density at radius 1 is 0.148 bits per heavy atom. The van der Waals surface area contributed by atoms with Crippen molar-refractivity contribution in [3.63, 3.8) is 0 Å². The van der Waals surface area contributed by atoms with Crippen LogP contribution in [-0.2, 0) is 0 Å². The molecule has 0 aliphatic carbocycles. The molecule has 0 aliphatic rings. The van der Waals surface area contributed by atoms with Gasteiger partial charge in [0.25, 0.3) is 0 Å². The minimum absolute atomic E-state index is 0. The first-order chi connectivity index (χ1) is 38.4. The highest BCUT2D eigenvalue weighted by atomic mass is 14.1. The zero-order valence-corrected chi connectivity index (χ0v) is 50.4. The number of benzene rings is 11. The zero-order chi connectivity index (χ0) is 57.8. The monoisotopic (exact) mass is 1060 g/mol. The molecule has 11 rings (SSSR count). The predicted molar refractivity (Wildman–Crippen MR) is 360 cm³/mol. The fraction of sp³-hybridized carbons (Fsp3) is 0.185. The summed E-state index contributed by atoms with van der Waals surface area (Å²) in [5.74, 6) is 0. The first-order valence-electron chi connectivity index (χ1n) is 28.1. The Bertz CT molecular complexity index is 3350. The average molecular weight is 1060 g/mol. The molecule has 0 radical (unpaired) electrons. The van der Waals surface area contributed by atoms with Crippen LogP contribution < -0.4 is 0 Å². The lowest BCUT2D eigenvalue weighted by molar-refractivity contribution is 1.34. The SMILES string of the molecule is C.Cc1ccc(-c2ccc(C)cc2)cc1.Cc1ccc(-c2cccc(C)c2)cc1.Cc1ccc(C)cc1.Cc1cccc(-c2cccc(C)c2)c1.Cc1cccc(C)c1.Cc1ccccc1-c1ccccc1C.Cc1ccccc1C. The second-order valence-corrected chi connectivity index (χ2v) is 21.2. The molecule has 0 amide bonds. The van der Waals surface area contributed by atoms with Crippen molar-refractivity contribution in [2.45, 2.75) is 104 Å². The van der Waals surface area contributed by atoms with Gasteiger partial charge < -0.3 is 0 Å². The van der Waals surface area contributed by atoms with Crippen molar-refractivity contribution >= 4 is 0 Å². The molecule has 81 heavy (non-hydrogen) atoms. The van der Waals surface area contributed by atoms with Gasteiger partial charge in [0.1, 0.15) is 0 Å². The van der Waals surface area contributed by atoms with Gasteiger partial charge >= 0.3 is 0 Å².